The summed E-state index contributed by atoms with van der Waals surface area (Å²) in [4.78, 5) is 2.41. The van der Waals surface area contributed by atoms with Crippen molar-refractivity contribution >= 4 is 10.9 Å². The predicted octanol–water partition coefficient (Wildman–Crippen LogP) is 2.77. The molecule has 3 rings (SSSR count). The van der Waals surface area contributed by atoms with E-state index in [1.807, 2.05) is 13.1 Å². The Labute approximate surface area is 114 Å². The van der Waals surface area contributed by atoms with E-state index < -0.39 is 0 Å². The molecule has 0 radical (unpaired) electrons. The van der Waals surface area contributed by atoms with Crippen LogP contribution in [-0.2, 0) is 13.5 Å². The van der Waals surface area contributed by atoms with Gasteiger partial charge in [-0.3, -0.25) is 0 Å². The molecular weight excluding hydrogens is 236 g/mol. The molecule has 102 valence electrons. The Morgan fingerprint density at radius 1 is 1.37 bits per heavy atom. The molecule has 0 bridgehead atoms. The van der Waals surface area contributed by atoms with Crippen molar-refractivity contribution in [3.63, 3.8) is 0 Å². The van der Waals surface area contributed by atoms with Crippen molar-refractivity contribution in [1.29, 1.82) is 0 Å². The molecule has 2 aromatic rings. The number of aromatic hydroxyl groups is 1. The first-order valence-corrected chi connectivity index (χ1v) is 7.09. The molecule has 3 nitrogen and oxygen atoms in total. The van der Waals surface area contributed by atoms with Gasteiger partial charge in [0.25, 0.3) is 0 Å². The second-order valence-corrected chi connectivity index (χ2v) is 5.89. The van der Waals surface area contributed by atoms with Gasteiger partial charge in [0.05, 0.1) is 5.52 Å². The summed E-state index contributed by atoms with van der Waals surface area (Å²) in [5.74, 6) is 1.34. The highest BCUT2D eigenvalue weighted by Crippen LogP contribution is 2.31. The number of fused-ring (bicyclic) bond motifs is 1. The minimum absolute atomic E-state index is 0.401. The van der Waals surface area contributed by atoms with Crippen molar-refractivity contribution in [2.45, 2.75) is 19.3 Å². The molecule has 0 atom stereocenters. The van der Waals surface area contributed by atoms with Crippen LogP contribution < -0.4 is 0 Å². The fraction of sp³-hybridized carbons (Fsp3) is 0.500. The lowest BCUT2D eigenvalue weighted by Gasteiger charge is -2.15. The first-order chi connectivity index (χ1) is 9.15. The number of likely N-dealkylation sites (N-methyl/N-ethyl adjacent to an activating group) is 1. The Hall–Kier alpha value is -1.48. The molecule has 1 aromatic heterocycles. The van der Waals surface area contributed by atoms with Crippen molar-refractivity contribution in [2.75, 3.05) is 20.1 Å². The van der Waals surface area contributed by atoms with E-state index in [2.05, 4.69) is 28.8 Å². The Morgan fingerprint density at radius 2 is 2.16 bits per heavy atom. The van der Waals surface area contributed by atoms with Gasteiger partial charge in [-0.15, -0.1) is 0 Å². The van der Waals surface area contributed by atoms with Crippen LogP contribution in [0.15, 0.2) is 24.4 Å². The fourth-order valence-electron chi connectivity index (χ4n) is 2.85. The zero-order chi connectivity index (χ0) is 13.4. The number of phenolic OH excluding ortho intramolecular Hbond substituents is 1. The lowest BCUT2D eigenvalue weighted by molar-refractivity contribution is 0.324. The molecular formula is C16H22N2O. The van der Waals surface area contributed by atoms with Crippen LogP contribution in [0.1, 0.15) is 18.4 Å². The smallest absolute Gasteiger partial charge is 0.125 e. The lowest BCUT2D eigenvalue weighted by atomic mass is 10.1. The first-order valence-electron chi connectivity index (χ1n) is 7.09. The van der Waals surface area contributed by atoms with Gasteiger partial charge >= 0.3 is 0 Å². The van der Waals surface area contributed by atoms with Crippen LogP contribution in [-0.4, -0.2) is 34.7 Å². The van der Waals surface area contributed by atoms with E-state index in [1.54, 1.807) is 6.07 Å². The summed E-state index contributed by atoms with van der Waals surface area (Å²) in [7, 11) is 4.24. The molecule has 1 aliphatic rings. The quantitative estimate of drug-likeness (QED) is 0.893. The maximum absolute atomic E-state index is 10.1. The van der Waals surface area contributed by atoms with E-state index in [0.29, 0.717) is 5.75 Å². The van der Waals surface area contributed by atoms with Crippen LogP contribution in [0.2, 0.25) is 0 Å². The van der Waals surface area contributed by atoms with Crippen molar-refractivity contribution in [1.82, 2.24) is 9.47 Å². The number of aromatic nitrogens is 1. The van der Waals surface area contributed by atoms with Gasteiger partial charge in [-0.05, 0) is 49.9 Å². The SMILES string of the molecule is CN(CCc1cn(C)c2cccc(O)c12)CC1CC1. The number of hydrogen-bond donors (Lipinski definition) is 1. The summed E-state index contributed by atoms with van der Waals surface area (Å²) in [5, 5.41) is 11.1. The van der Waals surface area contributed by atoms with Crippen molar-refractivity contribution < 1.29 is 5.11 Å². The molecule has 0 saturated heterocycles. The van der Waals surface area contributed by atoms with E-state index in [-0.39, 0.29) is 0 Å². The zero-order valence-corrected chi connectivity index (χ0v) is 11.8. The van der Waals surface area contributed by atoms with Gasteiger partial charge in [-0.1, -0.05) is 6.07 Å². The summed E-state index contributed by atoms with van der Waals surface area (Å²) in [5.41, 5.74) is 2.36. The summed E-state index contributed by atoms with van der Waals surface area (Å²) in [6.45, 7) is 2.28. The molecule has 1 fully saturated rings. The first kappa shape index (κ1) is 12.5. The van der Waals surface area contributed by atoms with Crippen LogP contribution in [0.25, 0.3) is 10.9 Å². The average Bonchev–Trinajstić information content (AvgIpc) is 3.12. The molecule has 1 aliphatic carbocycles. The van der Waals surface area contributed by atoms with Crippen molar-refractivity contribution in [2.24, 2.45) is 13.0 Å². The maximum atomic E-state index is 10.1. The molecule has 3 heteroatoms. The molecule has 0 unspecified atom stereocenters. The number of nitrogens with zero attached hydrogens (tertiary/aromatic N) is 2. The van der Waals surface area contributed by atoms with Crippen LogP contribution in [0.4, 0.5) is 0 Å². The second-order valence-electron chi connectivity index (χ2n) is 5.89. The Bertz CT molecular complexity index is 584. The van der Waals surface area contributed by atoms with E-state index in [1.165, 1.54) is 24.9 Å². The normalized spacial score (nSPS) is 15.5. The molecule has 1 saturated carbocycles. The monoisotopic (exact) mass is 258 g/mol. The minimum atomic E-state index is 0.401. The van der Waals surface area contributed by atoms with Gasteiger partial charge in [-0.25, -0.2) is 0 Å². The molecule has 0 amide bonds. The highest BCUT2D eigenvalue weighted by atomic mass is 16.3. The number of phenols is 1. The third-order valence-electron chi connectivity index (χ3n) is 4.10. The van der Waals surface area contributed by atoms with Crippen molar-refractivity contribution in [3.05, 3.63) is 30.0 Å². The Balaban J connectivity index is 1.76. The van der Waals surface area contributed by atoms with Crippen LogP contribution >= 0.6 is 0 Å². The van der Waals surface area contributed by atoms with Gasteiger partial charge in [0.15, 0.2) is 0 Å². The third kappa shape index (κ3) is 2.61. The number of rotatable bonds is 5. The maximum Gasteiger partial charge on any atom is 0.125 e. The molecule has 1 heterocycles. The van der Waals surface area contributed by atoms with Gasteiger partial charge in [0, 0.05) is 31.7 Å². The summed E-state index contributed by atoms with van der Waals surface area (Å²) in [6.07, 6.45) is 5.95. The number of hydrogen-bond acceptors (Lipinski definition) is 2. The highest BCUT2D eigenvalue weighted by Gasteiger charge is 2.22. The minimum Gasteiger partial charge on any atom is -0.507 e. The van der Waals surface area contributed by atoms with E-state index in [4.69, 9.17) is 0 Å². The topological polar surface area (TPSA) is 28.4 Å². The standard InChI is InChI=1S/C16H22N2O/c1-17(10-12-6-7-12)9-8-13-11-18(2)14-4-3-5-15(19)16(13)14/h3-5,11-12,19H,6-10H2,1-2H3. The lowest BCUT2D eigenvalue weighted by Crippen LogP contribution is -2.23. The predicted molar refractivity (Wildman–Crippen MR) is 78.5 cm³/mol. The molecule has 1 aromatic carbocycles. The Morgan fingerprint density at radius 3 is 2.89 bits per heavy atom. The number of aryl methyl sites for hydroxylation is 1. The molecule has 0 spiro atoms. The van der Waals surface area contributed by atoms with E-state index in [9.17, 15) is 5.11 Å². The summed E-state index contributed by atoms with van der Waals surface area (Å²) in [6, 6.07) is 5.74. The average molecular weight is 258 g/mol. The van der Waals surface area contributed by atoms with Crippen LogP contribution in [0.5, 0.6) is 5.75 Å². The zero-order valence-electron chi connectivity index (χ0n) is 11.8. The van der Waals surface area contributed by atoms with Gasteiger partial charge in [-0.2, -0.15) is 0 Å². The highest BCUT2D eigenvalue weighted by molar-refractivity contribution is 5.89. The largest absolute Gasteiger partial charge is 0.507 e. The van der Waals surface area contributed by atoms with Crippen LogP contribution in [0.3, 0.4) is 0 Å². The molecule has 0 aliphatic heterocycles. The summed E-state index contributed by atoms with van der Waals surface area (Å²) < 4.78 is 2.10. The van der Waals surface area contributed by atoms with Crippen LogP contribution in [0, 0.1) is 5.92 Å². The fourth-order valence-corrected chi connectivity index (χ4v) is 2.85. The molecule has 19 heavy (non-hydrogen) atoms. The number of benzene rings is 1. The van der Waals surface area contributed by atoms with Gasteiger partial charge in [0.2, 0.25) is 0 Å². The van der Waals surface area contributed by atoms with Gasteiger partial charge < -0.3 is 14.6 Å². The van der Waals surface area contributed by atoms with E-state index in [0.717, 1.165) is 29.8 Å². The third-order valence-corrected chi connectivity index (χ3v) is 4.10. The van der Waals surface area contributed by atoms with E-state index >= 15 is 0 Å². The second kappa shape index (κ2) is 4.89. The van der Waals surface area contributed by atoms with Gasteiger partial charge in [0.1, 0.15) is 5.75 Å². The summed E-state index contributed by atoms with van der Waals surface area (Å²) >= 11 is 0. The molecule has 1 N–H and O–H groups in total. The van der Waals surface area contributed by atoms with Crippen molar-refractivity contribution in [3.8, 4) is 5.75 Å². The Kier molecular flexibility index (Phi) is 3.23.